The van der Waals surface area contributed by atoms with Crippen molar-refractivity contribution in [3.05, 3.63) is 29.8 Å². The molecular weight excluding hydrogens is 280 g/mol. The van der Waals surface area contributed by atoms with E-state index in [-0.39, 0.29) is 25.0 Å². The first-order valence-electron chi connectivity index (χ1n) is 7.88. The molecule has 2 rings (SSSR count). The summed E-state index contributed by atoms with van der Waals surface area (Å²) in [5.41, 5.74) is 1.11. The average molecular weight is 306 g/mol. The Morgan fingerprint density at radius 3 is 3.09 bits per heavy atom. The van der Waals surface area contributed by atoms with Crippen molar-refractivity contribution in [2.45, 2.75) is 25.9 Å². The lowest BCUT2D eigenvalue weighted by Gasteiger charge is -2.29. The number of hydrogen-bond donors (Lipinski definition) is 2. The molecule has 5 heteroatoms. The van der Waals surface area contributed by atoms with Gasteiger partial charge < -0.3 is 20.1 Å². The van der Waals surface area contributed by atoms with Crippen LogP contribution in [0.4, 0.5) is 0 Å². The molecule has 0 radical (unpaired) electrons. The number of hydrogen-bond acceptors (Lipinski definition) is 4. The molecular formula is C17H26N2O3. The van der Waals surface area contributed by atoms with Gasteiger partial charge in [-0.25, -0.2) is 0 Å². The fourth-order valence-electron chi connectivity index (χ4n) is 2.70. The summed E-state index contributed by atoms with van der Waals surface area (Å²) in [6.07, 6.45) is 1.27. The number of aliphatic hydroxyl groups excluding tert-OH is 1. The first-order valence-corrected chi connectivity index (χ1v) is 7.88. The lowest BCUT2D eigenvalue weighted by atomic mass is 9.97. The highest BCUT2D eigenvalue weighted by atomic mass is 16.5. The van der Waals surface area contributed by atoms with Crippen molar-refractivity contribution in [2.75, 3.05) is 33.3 Å². The van der Waals surface area contributed by atoms with Gasteiger partial charge in [0.15, 0.2) is 0 Å². The molecule has 1 amide bonds. The maximum absolute atomic E-state index is 12.1. The van der Waals surface area contributed by atoms with Crippen molar-refractivity contribution in [1.82, 2.24) is 10.2 Å². The highest BCUT2D eigenvalue weighted by Crippen LogP contribution is 2.15. The molecule has 5 nitrogen and oxygen atoms in total. The molecule has 0 saturated carbocycles. The second kappa shape index (κ2) is 8.15. The lowest BCUT2D eigenvalue weighted by Crippen LogP contribution is -2.44. The summed E-state index contributed by atoms with van der Waals surface area (Å²) in [5, 5.41) is 12.8. The molecule has 1 aliphatic rings. The number of benzene rings is 1. The molecule has 1 heterocycles. The van der Waals surface area contributed by atoms with Crippen LogP contribution in [0, 0.1) is 12.8 Å². The number of nitrogens with one attached hydrogen (secondary N) is 1. The van der Waals surface area contributed by atoms with Crippen LogP contribution in [0.5, 0.6) is 5.75 Å². The van der Waals surface area contributed by atoms with Crippen LogP contribution in [0.2, 0.25) is 0 Å². The molecule has 0 unspecified atom stereocenters. The first kappa shape index (κ1) is 16.8. The van der Waals surface area contributed by atoms with E-state index in [4.69, 9.17) is 4.74 Å². The number of likely N-dealkylation sites (tertiary alicyclic amines) is 1. The summed E-state index contributed by atoms with van der Waals surface area (Å²) in [4.78, 5) is 14.2. The van der Waals surface area contributed by atoms with Gasteiger partial charge in [0.2, 0.25) is 5.91 Å². The van der Waals surface area contributed by atoms with Crippen molar-refractivity contribution < 1.29 is 14.6 Å². The Hall–Kier alpha value is -1.59. The van der Waals surface area contributed by atoms with Gasteiger partial charge in [-0.05, 0) is 51.1 Å². The third-order valence-electron chi connectivity index (χ3n) is 3.94. The van der Waals surface area contributed by atoms with Gasteiger partial charge in [0.25, 0.3) is 0 Å². The zero-order chi connectivity index (χ0) is 15.9. The molecule has 0 aliphatic carbocycles. The van der Waals surface area contributed by atoms with Crippen LogP contribution in [0.25, 0.3) is 0 Å². The monoisotopic (exact) mass is 306 g/mol. The van der Waals surface area contributed by atoms with Gasteiger partial charge in [0.05, 0.1) is 5.92 Å². The van der Waals surface area contributed by atoms with Crippen molar-refractivity contribution in [1.29, 1.82) is 0 Å². The van der Waals surface area contributed by atoms with Gasteiger partial charge in [-0.1, -0.05) is 12.1 Å². The van der Waals surface area contributed by atoms with Gasteiger partial charge in [-0.2, -0.15) is 0 Å². The van der Waals surface area contributed by atoms with Gasteiger partial charge >= 0.3 is 0 Å². The van der Waals surface area contributed by atoms with E-state index in [1.54, 1.807) is 0 Å². The summed E-state index contributed by atoms with van der Waals surface area (Å²) < 4.78 is 5.53. The Kier molecular flexibility index (Phi) is 6.21. The minimum Gasteiger partial charge on any atom is -0.491 e. The zero-order valence-electron chi connectivity index (χ0n) is 13.4. The number of nitrogens with zero attached hydrogens (tertiary/aromatic N) is 1. The fraction of sp³-hybridized carbons (Fsp3) is 0.588. The van der Waals surface area contributed by atoms with Crippen LogP contribution >= 0.6 is 0 Å². The van der Waals surface area contributed by atoms with Gasteiger partial charge in [0, 0.05) is 13.1 Å². The molecule has 22 heavy (non-hydrogen) atoms. The van der Waals surface area contributed by atoms with Crippen molar-refractivity contribution in [2.24, 2.45) is 5.92 Å². The van der Waals surface area contributed by atoms with E-state index in [0.29, 0.717) is 0 Å². The van der Waals surface area contributed by atoms with E-state index >= 15 is 0 Å². The zero-order valence-corrected chi connectivity index (χ0v) is 13.4. The number of rotatable bonds is 6. The standard InChI is InChI=1S/C17H26N2O3/c1-13-5-3-7-16(9-13)22-12-15(20)10-18-17(21)14-6-4-8-19(2)11-14/h3,5,7,9,14-15,20H,4,6,8,10-12H2,1-2H3,(H,18,21)/t14-,15-/m1/s1. The molecule has 1 aromatic carbocycles. The summed E-state index contributed by atoms with van der Waals surface area (Å²) in [5.74, 6) is 0.795. The summed E-state index contributed by atoms with van der Waals surface area (Å²) in [7, 11) is 2.03. The quantitative estimate of drug-likeness (QED) is 0.829. The molecule has 0 spiro atoms. The third kappa shape index (κ3) is 5.31. The Morgan fingerprint density at radius 2 is 2.36 bits per heavy atom. The van der Waals surface area contributed by atoms with Gasteiger partial charge in [-0.3, -0.25) is 4.79 Å². The van der Waals surface area contributed by atoms with E-state index in [9.17, 15) is 9.90 Å². The third-order valence-corrected chi connectivity index (χ3v) is 3.94. The molecule has 1 saturated heterocycles. The van der Waals surface area contributed by atoms with Crippen LogP contribution in [0.3, 0.4) is 0 Å². The number of ether oxygens (including phenoxy) is 1. The number of aliphatic hydroxyl groups is 1. The molecule has 122 valence electrons. The Bertz CT molecular complexity index is 493. The smallest absolute Gasteiger partial charge is 0.224 e. The minimum atomic E-state index is -0.703. The number of piperidine rings is 1. The van der Waals surface area contributed by atoms with Crippen LogP contribution in [-0.4, -0.2) is 55.3 Å². The largest absolute Gasteiger partial charge is 0.491 e. The summed E-state index contributed by atoms with van der Waals surface area (Å²) >= 11 is 0. The van der Waals surface area contributed by atoms with Gasteiger partial charge in [0.1, 0.15) is 18.5 Å². The van der Waals surface area contributed by atoms with Crippen LogP contribution in [-0.2, 0) is 4.79 Å². The topological polar surface area (TPSA) is 61.8 Å². The fourth-order valence-corrected chi connectivity index (χ4v) is 2.70. The minimum absolute atomic E-state index is 0.0288. The van der Waals surface area contributed by atoms with Crippen LogP contribution in [0.1, 0.15) is 18.4 Å². The SMILES string of the molecule is Cc1cccc(OC[C@H](O)CNC(=O)[C@@H]2CCCN(C)C2)c1. The van der Waals surface area contributed by atoms with Crippen molar-refractivity contribution in [3.8, 4) is 5.75 Å². The van der Waals surface area contributed by atoms with E-state index in [1.165, 1.54) is 0 Å². The Labute approximate surface area is 132 Å². The summed E-state index contributed by atoms with van der Waals surface area (Å²) in [6.45, 7) is 4.24. The number of carbonyl (C=O) groups excluding carboxylic acids is 1. The maximum atomic E-state index is 12.1. The Balaban J connectivity index is 1.68. The number of amides is 1. The summed E-state index contributed by atoms with van der Waals surface area (Å²) in [6, 6.07) is 7.68. The Morgan fingerprint density at radius 1 is 1.55 bits per heavy atom. The molecule has 1 aliphatic heterocycles. The molecule has 1 aromatic rings. The highest BCUT2D eigenvalue weighted by molar-refractivity contribution is 5.78. The second-order valence-corrected chi connectivity index (χ2v) is 6.13. The molecule has 1 fully saturated rings. The van der Waals surface area contributed by atoms with Crippen LogP contribution in [0.15, 0.2) is 24.3 Å². The van der Waals surface area contributed by atoms with E-state index in [2.05, 4.69) is 10.2 Å². The highest BCUT2D eigenvalue weighted by Gasteiger charge is 2.24. The second-order valence-electron chi connectivity index (χ2n) is 6.13. The molecule has 2 atom stereocenters. The predicted molar refractivity (Wildman–Crippen MR) is 85.9 cm³/mol. The average Bonchev–Trinajstić information content (AvgIpc) is 2.50. The van der Waals surface area contributed by atoms with E-state index in [0.717, 1.165) is 37.2 Å². The van der Waals surface area contributed by atoms with Crippen molar-refractivity contribution >= 4 is 5.91 Å². The van der Waals surface area contributed by atoms with E-state index in [1.807, 2.05) is 38.2 Å². The van der Waals surface area contributed by atoms with Crippen molar-refractivity contribution in [3.63, 3.8) is 0 Å². The normalized spacial score (nSPS) is 20.4. The van der Waals surface area contributed by atoms with Crippen LogP contribution < -0.4 is 10.1 Å². The molecule has 2 N–H and O–H groups in total. The number of carbonyl (C=O) groups is 1. The predicted octanol–water partition coefficient (Wildman–Crippen LogP) is 1.19. The number of aryl methyl sites for hydroxylation is 1. The lowest BCUT2D eigenvalue weighted by molar-refractivity contribution is -0.127. The van der Waals surface area contributed by atoms with Gasteiger partial charge in [-0.15, -0.1) is 0 Å². The maximum Gasteiger partial charge on any atom is 0.224 e. The molecule has 0 aromatic heterocycles. The molecule has 0 bridgehead atoms. The first-order chi connectivity index (χ1) is 10.5. The van der Waals surface area contributed by atoms with E-state index < -0.39 is 6.10 Å².